The first-order valence-electron chi connectivity index (χ1n) is 7.45. The topological polar surface area (TPSA) is 64.9 Å². The van der Waals surface area contributed by atoms with Crippen molar-refractivity contribution in [3.63, 3.8) is 0 Å². The van der Waals surface area contributed by atoms with Crippen molar-refractivity contribution in [1.82, 2.24) is 9.97 Å². The predicted molar refractivity (Wildman–Crippen MR) is 82.9 cm³/mol. The Bertz CT molecular complexity index is 774. The van der Waals surface area contributed by atoms with Gasteiger partial charge in [0.25, 0.3) is 0 Å². The number of hydrogen-bond acceptors (Lipinski definition) is 4. The van der Waals surface area contributed by atoms with Gasteiger partial charge >= 0.3 is 0 Å². The van der Waals surface area contributed by atoms with Crippen LogP contribution in [0.3, 0.4) is 0 Å². The van der Waals surface area contributed by atoms with Crippen LogP contribution < -0.4 is 5.73 Å². The number of rotatable bonds is 1. The van der Waals surface area contributed by atoms with Gasteiger partial charge in [0.1, 0.15) is 11.4 Å². The Hall–Kier alpha value is -2.36. The molecule has 1 aliphatic rings. The van der Waals surface area contributed by atoms with Crippen LogP contribution in [0.5, 0.6) is 0 Å². The highest BCUT2D eigenvalue weighted by Gasteiger charge is 2.17. The molecule has 4 rings (SSSR count). The van der Waals surface area contributed by atoms with E-state index in [0.29, 0.717) is 17.4 Å². The van der Waals surface area contributed by atoms with Gasteiger partial charge < -0.3 is 10.2 Å². The molecule has 21 heavy (non-hydrogen) atoms. The predicted octanol–water partition coefficient (Wildman–Crippen LogP) is 3.74. The van der Waals surface area contributed by atoms with E-state index in [-0.39, 0.29) is 0 Å². The summed E-state index contributed by atoms with van der Waals surface area (Å²) in [5.41, 5.74) is 9.23. The average molecular weight is 279 g/mol. The van der Waals surface area contributed by atoms with E-state index in [4.69, 9.17) is 15.1 Å². The summed E-state index contributed by atoms with van der Waals surface area (Å²) in [4.78, 5) is 9.18. The minimum atomic E-state index is 0.601. The lowest BCUT2D eigenvalue weighted by molar-refractivity contribution is 0.624. The molecule has 0 radical (unpaired) electrons. The lowest BCUT2D eigenvalue weighted by Crippen LogP contribution is -2.06. The van der Waals surface area contributed by atoms with Crippen LogP contribution in [0, 0.1) is 0 Å². The molecule has 4 nitrogen and oxygen atoms in total. The largest absolute Gasteiger partial charge is 0.453 e. The first kappa shape index (κ1) is 12.4. The monoisotopic (exact) mass is 279 g/mol. The molecule has 2 heterocycles. The lowest BCUT2D eigenvalue weighted by Gasteiger charge is -2.08. The molecule has 0 aliphatic heterocycles. The van der Waals surface area contributed by atoms with Crippen molar-refractivity contribution in [2.24, 2.45) is 0 Å². The van der Waals surface area contributed by atoms with Gasteiger partial charge in [0, 0.05) is 16.6 Å². The summed E-state index contributed by atoms with van der Waals surface area (Å²) in [7, 11) is 0. The molecule has 0 fully saturated rings. The van der Waals surface area contributed by atoms with Crippen molar-refractivity contribution in [3.8, 4) is 11.6 Å². The van der Waals surface area contributed by atoms with Gasteiger partial charge in [-0.1, -0.05) is 24.6 Å². The van der Waals surface area contributed by atoms with Crippen molar-refractivity contribution in [2.75, 3.05) is 5.73 Å². The van der Waals surface area contributed by atoms with Gasteiger partial charge in [-0.2, -0.15) is 0 Å². The van der Waals surface area contributed by atoms with Gasteiger partial charge in [-0.25, -0.2) is 9.97 Å². The molecule has 2 aromatic heterocycles. The standard InChI is InChI=1S/C17H17N3O/c18-16-12-7-2-1-3-8-13(12)19-17(20-16)15-10-11-6-4-5-9-14(11)21-15/h4-6,9-10H,1-3,7-8H2,(H2,18,19,20). The minimum Gasteiger partial charge on any atom is -0.453 e. The van der Waals surface area contributed by atoms with Gasteiger partial charge in [-0.3, -0.25) is 0 Å². The molecule has 0 saturated heterocycles. The summed E-state index contributed by atoms with van der Waals surface area (Å²) >= 11 is 0. The zero-order valence-electron chi connectivity index (χ0n) is 11.8. The number of hydrogen-bond donors (Lipinski definition) is 1. The van der Waals surface area contributed by atoms with Crippen LogP contribution in [-0.2, 0) is 12.8 Å². The first-order valence-corrected chi connectivity index (χ1v) is 7.45. The highest BCUT2D eigenvalue weighted by Crippen LogP contribution is 2.29. The molecule has 1 aliphatic carbocycles. The number of nitrogens with zero attached hydrogens (tertiary/aromatic N) is 2. The molecule has 4 heteroatoms. The summed E-state index contributed by atoms with van der Waals surface area (Å²) in [5.74, 6) is 1.90. The molecule has 0 spiro atoms. The molecule has 0 unspecified atom stereocenters. The van der Waals surface area contributed by atoms with Crippen LogP contribution in [0.15, 0.2) is 34.7 Å². The number of anilines is 1. The summed E-state index contributed by atoms with van der Waals surface area (Å²) in [6.07, 6.45) is 5.54. The van der Waals surface area contributed by atoms with Crippen molar-refractivity contribution < 1.29 is 4.42 Å². The van der Waals surface area contributed by atoms with E-state index < -0.39 is 0 Å². The second kappa shape index (κ2) is 4.88. The maximum absolute atomic E-state index is 6.15. The Morgan fingerprint density at radius 3 is 2.76 bits per heavy atom. The lowest BCUT2D eigenvalue weighted by atomic mass is 10.1. The summed E-state index contributed by atoms with van der Waals surface area (Å²) in [6, 6.07) is 9.91. The van der Waals surface area contributed by atoms with Crippen LogP contribution >= 0.6 is 0 Å². The molecule has 0 atom stereocenters. The molecule has 0 amide bonds. The number of fused-ring (bicyclic) bond motifs is 2. The Balaban J connectivity index is 1.84. The van der Waals surface area contributed by atoms with Gasteiger partial charge in [0.2, 0.25) is 0 Å². The van der Waals surface area contributed by atoms with E-state index in [1.165, 1.54) is 19.3 Å². The molecular weight excluding hydrogens is 262 g/mol. The number of para-hydroxylation sites is 1. The molecule has 2 N–H and O–H groups in total. The maximum atomic E-state index is 6.15. The molecule has 0 saturated carbocycles. The first-order chi connectivity index (χ1) is 10.3. The van der Waals surface area contributed by atoms with Crippen molar-refractivity contribution in [2.45, 2.75) is 32.1 Å². The summed E-state index contributed by atoms with van der Waals surface area (Å²) in [6.45, 7) is 0. The molecule has 3 aromatic rings. The van der Waals surface area contributed by atoms with E-state index in [1.54, 1.807) is 0 Å². The van der Waals surface area contributed by atoms with Crippen molar-refractivity contribution >= 4 is 16.8 Å². The summed E-state index contributed by atoms with van der Waals surface area (Å²) < 4.78 is 5.85. The SMILES string of the molecule is Nc1nc(-c2cc3ccccc3o2)nc2c1CCCCC2. The van der Waals surface area contributed by atoms with E-state index in [9.17, 15) is 0 Å². The van der Waals surface area contributed by atoms with Crippen LogP contribution in [0.25, 0.3) is 22.6 Å². The fourth-order valence-electron chi connectivity index (χ4n) is 3.00. The Morgan fingerprint density at radius 2 is 1.86 bits per heavy atom. The number of aromatic nitrogens is 2. The number of furan rings is 1. The van der Waals surface area contributed by atoms with Gasteiger partial charge in [-0.05, 0) is 37.8 Å². The number of benzene rings is 1. The zero-order chi connectivity index (χ0) is 14.2. The normalized spacial score (nSPS) is 14.9. The Labute approximate surface area is 123 Å². The highest BCUT2D eigenvalue weighted by molar-refractivity contribution is 5.81. The summed E-state index contributed by atoms with van der Waals surface area (Å²) in [5, 5.41) is 1.06. The fraction of sp³-hybridized carbons (Fsp3) is 0.294. The molecular formula is C17H17N3O. The quantitative estimate of drug-likeness (QED) is 0.689. The van der Waals surface area contributed by atoms with Gasteiger partial charge in [-0.15, -0.1) is 0 Å². The van der Waals surface area contributed by atoms with E-state index in [1.807, 2.05) is 30.3 Å². The third kappa shape index (κ3) is 2.17. The van der Waals surface area contributed by atoms with E-state index in [0.717, 1.165) is 35.1 Å². The number of nitrogens with two attached hydrogens (primary N) is 1. The van der Waals surface area contributed by atoms with Crippen LogP contribution in [0.1, 0.15) is 30.5 Å². The van der Waals surface area contributed by atoms with E-state index in [2.05, 4.69) is 4.98 Å². The Kier molecular flexibility index (Phi) is 2.88. The van der Waals surface area contributed by atoms with Crippen molar-refractivity contribution in [3.05, 3.63) is 41.6 Å². The maximum Gasteiger partial charge on any atom is 0.197 e. The fourth-order valence-corrected chi connectivity index (χ4v) is 3.00. The van der Waals surface area contributed by atoms with Gasteiger partial charge in [0.05, 0.1) is 0 Å². The second-order valence-corrected chi connectivity index (χ2v) is 5.57. The van der Waals surface area contributed by atoms with E-state index >= 15 is 0 Å². The smallest absolute Gasteiger partial charge is 0.197 e. The van der Waals surface area contributed by atoms with Crippen LogP contribution in [0.2, 0.25) is 0 Å². The van der Waals surface area contributed by atoms with Crippen molar-refractivity contribution in [1.29, 1.82) is 0 Å². The molecule has 106 valence electrons. The molecule has 1 aromatic carbocycles. The number of nitrogen functional groups attached to an aromatic ring is 1. The van der Waals surface area contributed by atoms with Crippen LogP contribution in [0.4, 0.5) is 5.82 Å². The molecule has 0 bridgehead atoms. The highest BCUT2D eigenvalue weighted by atomic mass is 16.3. The second-order valence-electron chi connectivity index (χ2n) is 5.57. The number of aryl methyl sites for hydroxylation is 1. The third-order valence-corrected chi connectivity index (χ3v) is 4.11. The average Bonchev–Trinajstić information content (AvgIpc) is 2.78. The third-order valence-electron chi connectivity index (χ3n) is 4.11. The van der Waals surface area contributed by atoms with Crippen LogP contribution in [-0.4, -0.2) is 9.97 Å². The van der Waals surface area contributed by atoms with Gasteiger partial charge in [0.15, 0.2) is 11.6 Å². The minimum absolute atomic E-state index is 0.601. The zero-order valence-corrected chi connectivity index (χ0v) is 11.8. The Morgan fingerprint density at radius 1 is 1.00 bits per heavy atom.